The summed E-state index contributed by atoms with van der Waals surface area (Å²) in [5.41, 5.74) is 3.75. The van der Waals surface area contributed by atoms with E-state index in [9.17, 15) is 0 Å². The SMILES string of the molecule is CC1=C(C)C(c2cccs2)=CC(=N)C1=N. The van der Waals surface area contributed by atoms with Gasteiger partial charge in [0.25, 0.3) is 0 Å². The zero-order chi connectivity index (χ0) is 11.0. The van der Waals surface area contributed by atoms with Crippen LogP contribution in [0, 0.1) is 10.8 Å². The highest BCUT2D eigenvalue weighted by molar-refractivity contribution is 7.11. The molecule has 3 heteroatoms. The van der Waals surface area contributed by atoms with Crippen LogP contribution in [0.3, 0.4) is 0 Å². The first kappa shape index (κ1) is 10.1. The van der Waals surface area contributed by atoms with Crippen molar-refractivity contribution in [1.82, 2.24) is 0 Å². The zero-order valence-electron chi connectivity index (χ0n) is 8.72. The van der Waals surface area contributed by atoms with Crippen LogP contribution in [-0.2, 0) is 0 Å². The van der Waals surface area contributed by atoms with Crippen LogP contribution < -0.4 is 0 Å². The Hall–Kier alpha value is -1.48. The van der Waals surface area contributed by atoms with E-state index in [0.717, 1.165) is 16.7 Å². The highest BCUT2D eigenvalue weighted by Crippen LogP contribution is 2.31. The summed E-state index contributed by atoms with van der Waals surface area (Å²) >= 11 is 1.67. The van der Waals surface area contributed by atoms with E-state index in [-0.39, 0.29) is 0 Å². The molecule has 1 aliphatic rings. The molecule has 2 N–H and O–H groups in total. The topological polar surface area (TPSA) is 47.7 Å². The molecule has 1 aromatic heterocycles. The van der Waals surface area contributed by atoms with Crippen LogP contribution in [0.5, 0.6) is 0 Å². The van der Waals surface area contributed by atoms with Crippen LogP contribution in [0.2, 0.25) is 0 Å². The van der Waals surface area contributed by atoms with E-state index in [1.54, 1.807) is 17.4 Å². The number of hydrogen-bond acceptors (Lipinski definition) is 3. The van der Waals surface area contributed by atoms with Gasteiger partial charge in [-0.05, 0) is 48.1 Å². The van der Waals surface area contributed by atoms with Gasteiger partial charge < -0.3 is 0 Å². The van der Waals surface area contributed by atoms with Crippen LogP contribution in [0.15, 0.2) is 34.7 Å². The van der Waals surface area contributed by atoms with Crippen LogP contribution in [0.1, 0.15) is 18.7 Å². The van der Waals surface area contributed by atoms with Crippen molar-refractivity contribution in [3.05, 3.63) is 39.6 Å². The van der Waals surface area contributed by atoms with Gasteiger partial charge in [-0.2, -0.15) is 0 Å². The molecular formula is C12H12N2S. The van der Waals surface area contributed by atoms with E-state index in [2.05, 4.69) is 6.07 Å². The molecule has 1 heterocycles. The van der Waals surface area contributed by atoms with Crippen molar-refractivity contribution in [2.75, 3.05) is 0 Å². The lowest BCUT2D eigenvalue weighted by molar-refractivity contribution is 1.36. The van der Waals surface area contributed by atoms with Crippen molar-refractivity contribution < 1.29 is 0 Å². The summed E-state index contributed by atoms with van der Waals surface area (Å²) in [4.78, 5) is 1.17. The lowest BCUT2D eigenvalue weighted by Crippen LogP contribution is -2.17. The maximum Gasteiger partial charge on any atom is 0.0821 e. The summed E-state index contributed by atoms with van der Waals surface area (Å²) < 4.78 is 0. The van der Waals surface area contributed by atoms with Crippen LogP contribution in [0.25, 0.3) is 5.57 Å². The van der Waals surface area contributed by atoms with Crippen LogP contribution in [-0.4, -0.2) is 11.4 Å². The second-order valence-corrected chi connectivity index (χ2v) is 4.52. The van der Waals surface area contributed by atoms with Crippen molar-refractivity contribution in [2.45, 2.75) is 13.8 Å². The molecule has 0 aliphatic heterocycles. The Morgan fingerprint density at radius 1 is 1.13 bits per heavy atom. The van der Waals surface area contributed by atoms with Gasteiger partial charge in [-0.15, -0.1) is 11.3 Å². The lowest BCUT2D eigenvalue weighted by Gasteiger charge is -2.17. The van der Waals surface area contributed by atoms with E-state index in [0.29, 0.717) is 11.4 Å². The first-order chi connectivity index (χ1) is 7.11. The lowest BCUT2D eigenvalue weighted by atomic mass is 9.89. The highest BCUT2D eigenvalue weighted by atomic mass is 32.1. The molecule has 2 nitrogen and oxygen atoms in total. The van der Waals surface area contributed by atoms with Crippen LogP contribution in [0.4, 0.5) is 0 Å². The number of allylic oxidation sites excluding steroid dienone is 4. The molecule has 0 atom stereocenters. The molecule has 0 spiro atoms. The highest BCUT2D eigenvalue weighted by Gasteiger charge is 2.18. The largest absolute Gasteiger partial charge is 0.299 e. The number of nitrogens with one attached hydrogen (secondary N) is 2. The Morgan fingerprint density at radius 3 is 2.47 bits per heavy atom. The third-order valence-electron chi connectivity index (χ3n) is 2.69. The molecular weight excluding hydrogens is 204 g/mol. The average Bonchev–Trinajstić information content (AvgIpc) is 2.73. The summed E-state index contributed by atoms with van der Waals surface area (Å²) in [6, 6.07) is 4.06. The number of thiophene rings is 1. The Kier molecular flexibility index (Phi) is 2.40. The fourth-order valence-electron chi connectivity index (χ4n) is 1.60. The average molecular weight is 216 g/mol. The first-order valence-corrected chi connectivity index (χ1v) is 5.60. The number of rotatable bonds is 1. The monoisotopic (exact) mass is 216 g/mol. The fraction of sp³-hybridized carbons (Fsp3) is 0.167. The van der Waals surface area contributed by atoms with Gasteiger partial charge in [-0.3, -0.25) is 10.8 Å². The quantitative estimate of drug-likeness (QED) is 0.675. The van der Waals surface area contributed by atoms with Crippen molar-refractivity contribution in [1.29, 1.82) is 10.8 Å². The minimum Gasteiger partial charge on any atom is -0.299 e. The molecule has 0 unspecified atom stereocenters. The maximum atomic E-state index is 7.72. The summed E-state index contributed by atoms with van der Waals surface area (Å²) in [5.74, 6) is 0. The molecule has 0 fully saturated rings. The predicted molar refractivity (Wildman–Crippen MR) is 66.1 cm³/mol. The smallest absolute Gasteiger partial charge is 0.0821 e. The molecule has 0 aromatic carbocycles. The molecule has 15 heavy (non-hydrogen) atoms. The Labute approximate surface area is 93.0 Å². The molecule has 0 saturated heterocycles. The Balaban J connectivity index is 2.55. The molecule has 0 saturated carbocycles. The molecule has 1 aliphatic carbocycles. The van der Waals surface area contributed by atoms with Gasteiger partial charge in [0.2, 0.25) is 0 Å². The molecule has 2 rings (SSSR count). The summed E-state index contributed by atoms with van der Waals surface area (Å²) in [5, 5.41) is 17.5. The predicted octanol–water partition coefficient (Wildman–Crippen LogP) is 3.52. The van der Waals surface area contributed by atoms with Crippen molar-refractivity contribution >= 4 is 28.3 Å². The Morgan fingerprint density at radius 2 is 1.87 bits per heavy atom. The van der Waals surface area contributed by atoms with Gasteiger partial charge in [0.1, 0.15) is 0 Å². The van der Waals surface area contributed by atoms with Crippen molar-refractivity contribution in [3.63, 3.8) is 0 Å². The molecule has 0 amide bonds. The summed E-state index contributed by atoms with van der Waals surface area (Å²) in [6.07, 6.45) is 1.79. The second kappa shape index (κ2) is 3.59. The molecule has 0 bridgehead atoms. The second-order valence-electron chi connectivity index (χ2n) is 3.57. The minimum atomic E-state index is 0.307. The summed E-state index contributed by atoms with van der Waals surface area (Å²) in [6.45, 7) is 3.93. The third kappa shape index (κ3) is 1.59. The van der Waals surface area contributed by atoms with Crippen molar-refractivity contribution in [3.8, 4) is 0 Å². The maximum absolute atomic E-state index is 7.72. The normalized spacial score (nSPS) is 17.1. The van der Waals surface area contributed by atoms with Gasteiger partial charge >= 0.3 is 0 Å². The van der Waals surface area contributed by atoms with E-state index in [1.807, 2.05) is 25.3 Å². The van der Waals surface area contributed by atoms with E-state index in [1.165, 1.54) is 4.88 Å². The van der Waals surface area contributed by atoms with Gasteiger partial charge in [0, 0.05) is 4.88 Å². The van der Waals surface area contributed by atoms with Gasteiger partial charge in [0.05, 0.1) is 11.4 Å². The van der Waals surface area contributed by atoms with Gasteiger partial charge in [-0.25, -0.2) is 0 Å². The molecule has 0 radical (unpaired) electrons. The molecule has 1 aromatic rings. The fourth-order valence-corrected chi connectivity index (χ4v) is 2.40. The van der Waals surface area contributed by atoms with Crippen molar-refractivity contribution in [2.24, 2.45) is 0 Å². The standard InChI is InChI=1S/C12H12N2S/c1-7-8(2)12(14)10(13)6-9(7)11-4-3-5-15-11/h3-6,13-14H,1-2H3. The third-order valence-corrected chi connectivity index (χ3v) is 3.59. The van der Waals surface area contributed by atoms with Gasteiger partial charge in [0.15, 0.2) is 0 Å². The van der Waals surface area contributed by atoms with E-state index in [4.69, 9.17) is 10.8 Å². The van der Waals surface area contributed by atoms with Gasteiger partial charge in [-0.1, -0.05) is 6.07 Å². The van der Waals surface area contributed by atoms with E-state index < -0.39 is 0 Å². The zero-order valence-corrected chi connectivity index (χ0v) is 9.53. The summed E-state index contributed by atoms with van der Waals surface area (Å²) in [7, 11) is 0. The first-order valence-electron chi connectivity index (χ1n) is 4.72. The van der Waals surface area contributed by atoms with E-state index >= 15 is 0 Å². The minimum absolute atomic E-state index is 0.307. The Bertz CT molecular complexity index is 490. The molecule has 76 valence electrons. The number of hydrogen-bond donors (Lipinski definition) is 2. The van der Waals surface area contributed by atoms with Crippen LogP contribution >= 0.6 is 11.3 Å².